The van der Waals surface area contributed by atoms with Crippen molar-refractivity contribution in [3.63, 3.8) is 0 Å². The molecule has 1 unspecified atom stereocenters. The zero-order chi connectivity index (χ0) is 13.0. The van der Waals surface area contributed by atoms with Gasteiger partial charge in [-0.2, -0.15) is 5.10 Å². The molecule has 2 rings (SSSR count). The first-order valence-corrected chi connectivity index (χ1v) is 6.35. The van der Waals surface area contributed by atoms with Crippen LogP contribution in [0.2, 0.25) is 5.02 Å². The third-order valence-electron chi connectivity index (χ3n) is 2.99. The van der Waals surface area contributed by atoms with Crippen LogP contribution in [0.25, 0.3) is 0 Å². The van der Waals surface area contributed by atoms with Crippen LogP contribution in [0.4, 0.5) is 0 Å². The van der Waals surface area contributed by atoms with Gasteiger partial charge < -0.3 is 5.11 Å². The quantitative estimate of drug-likeness (QED) is 0.902. The van der Waals surface area contributed by atoms with Crippen molar-refractivity contribution in [3.05, 3.63) is 47.0 Å². The molecule has 1 atom stereocenters. The zero-order valence-corrected chi connectivity index (χ0v) is 11.0. The maximum Gasteiger partial charge on any atom is 0.138 e. The number of rotatable bonds is 5. The largest absolute Gasteiger partial charge is 0.396 e. The van der Waals surface area contributed by atoms with Gasteiger partial charge in [-0.3, -0.25) is 4.68 Å². The first-order valence-electron chi connectivity index (χ1n) is 5.97. The van der Waals surface area contributed by atoms with Gasteiger partial charge in [0.25, 0.3) is 0 Å². The molecule has 18 heavy (non-hydrogen) atoms. The molecule has 1 N–H and O–H groups in total. The van der Waals surface area contributed by atoms with Gasteiger partial charge in [0, 0.05) is 23.9 Å². The Morgan fingerprint density at radius 2 is 2.06 bits per heavy atom. The molecule has 1 heterocycles. The van der Waals surface area contributed by atoms with Crippen LogP contribution in [0.15, 0.2) is 30.6 Å². The van der Waals surface area contributed by atoms with Crippen molar-refractivity contribution in [2.45, 2.75) is 25.8 Å². The Hall–Kier alpha value is -1.39. The van der Waals surface area contributed by atoms with E-state index >= 15 is 0 Å². The van der Waals surface area contributed by atoms with E-state index in [4.69, 9.17) is 11.6 Å². The van der Waals surface area contributed by atoms with E-state index in [1.165, 1.54) is 0 Å². The molecule has 0 bridgehead atoms. The molecule has 2 aromatic rings. The summed E-state index contributed by atoms with van der Waals surface area (Å²) in [6.07, 6.45) is 2.22. The highest BCUT2D eigenvalue weighted by molar-refractivity contribution is 6.30. The summed E-state index contributed by atoms with van der Waals surface area (Å²) in [7, 11) is 0. The van der Waals surface area contributed by atoms with Crippen LogP contribution in [-0.2, 0) is 13.0 Å². The van der Waals surface area contributed by atoms with Crippen molar-refractivity contribution >= 4 is 11.6 Å². The molecule has 0 aliphatic carbocycles. The lowest BCUT2D eigenvalue weighted by atomic mass is 9.96. The monoisotopic (exact) mass is 265 g/mol. The lowest BCUT2D eigenvalue weighted by molar-refractivity contribution is 0.262. The van der Waals surface area contributed by atoms with Crippen LogP contribution >= 0.6 is 11.6 Å². The van der Waals surface area contributed by atoms with Gasteiger partial charge >= 0.3 is 0 Å². The van der Waals surface area contributed by atoms with Gasteiger partial charge in [-0.25, -0.2) is 4.98 Å². The normalized spacial score (nSPS) is 12.6. The Kier molecular flexibility index (Phi) is 4.33. The fourth-order valence-corrected chi connectivity index (χ4v) is 2.08. The smallest absolute Gasteiger partial charge is 0.138 e. The summed E-state index contributed by atoms with van der Waals surface area (Å²) in [4.78, 5) is 4.23. The van der Waals surface area contributed by atoms with E-state index in [1.807, 2.05) is 35.9 Å². The molecule has 0 spiro atoms. The molecule has 1 aromatic heterocycles. The van der Waals surface area contributed by atoms with Gasteiger partial charge in [-0.1, -0.05) is 23.7 Å². The van der Waals surface area contributed by atoms with E-state index in [9.17, 15) is 5.11 Å². The Bertz CT molecular complexity index is 495. The minimum atomic E-state index is 0.0248. The molecule has 0 aliphatic heterocycles. The molecule has 0 radical (unpaired) electrons. The number of nitrogens with zero attached hydrogens (tertiary/aromatic N) is 3. The summed E-state index contributed by atoms with van der Waals surface area (Å²) < 4.78 is 1.85. The van der Waals surface area contributed by atoms with Crippen molar-refractivity contribution < 1.29 is 5.11 Å². The summed E-state index contributed by atoms with van der Waals surface area (Å²) in [5.41, 5.74) is 1.06. The summed E-state index contributed by atoms with van der Waals surface area (Å²) in [5, 5.41) is 14.4. The molecule has 0 aliphatic rings. The number of benzene rings is 1. The average Bonchev–Trinajstić information content (AvgIpc) is 2.84. The van der Waals surface area contributed by atoms with Gasteiger partial charge in [0.15, 0.2) is 0 Å². The van der Waals surface area contributed by atoms with Crippen LogP contribution in [-0.4, -0.2) is 26.5 Å². The Morgan fingerprint density at radius 1 is 1.33 bits per heavy atom. The standard InChI is InChI=1S/C13H16ClN3O/c1-2-17-13(15-9-16-17)7-11(8-18)10-3-5-12(14)6-4-10/h3-6,9,11,18H,2,7-8H2,1H3. The van der Waals surface area contributed by atoms with Gasteiger partial charge in [-0.05, 0) is 24.6 Å². The van der Waals surface area contributed by atoms with Crippen LogP contribution < -0.4 is 0 Å². The third kappa shape index (κ3) is 2.89. The summed E-state index contributed by atoms with van der Waals surface area (Å²) in [6.45, 7) is 2.89. The number of halogens is 1. The maximum absolute atomic E-state index is 9.52. The van der Waals surface area contributed by atoms with E-state index in [0.29, 0.717) is 11.4 Å². The first kappa shape index (κ1) is 13.1. The van der Waals surface area contributed by atoms with Crippen LogP contribution in [0.1, 0.15) is 24.2 Å². The van der Waals surface area contributed by atoms with Gasteiger partial charge in [0.1, 0.15) is 12.2 Å². The minimum Gasteiger partial charge on any atom is -0.396 e. The first-order chi connectivity index (χ1) is 8.74. The lowest BCUT2D eigenvalue weighted by Gasteiger charge is -2.14. The molecule has 96 valence electrons. The highest BCUT2D eigenvalue weighted by atomic mass is 35.5. The van der Waals surface area contributed by atoms with Crippen molar-refractivity contribution in [3.8, 4) is 0 Å². The van der Waals surface area contributed by atoms with Gasteiger partial charge in [0.05, 0.1) is 6.61 Å². The fraction of sp³-hybridized carbons (Fsp3) is 0.385. The highest BCUT2D eigenvalue weighted by Crippen LogP contribution is 2.21. The Morgan fingerprint density at radius 3 is 2.67 bits per heavy atom. The number of aryl methyl sites for hydroxylation is 1. The average molecular weight is 266 g/mol. The van der Waals surface area contributed by atoms with Crippen LogP contribution in [0.3, 0.4) is 0 Å². The van der Waals surface area contributed by atoms with Crippen molar-refractivity contribution in [2.75, 3.05) is 6.61 Å². The topological polar surface area (TPSA) is 50.9 Å². The van der Waals surface area contributed by atoms with Gasteiger partial charge in [0.2, 0.25) is 0 Å². The molecular formula is C13H16ClN3O. The lowest BCUT2D eigenvalue weighted by Crippen LogP contribution is -2.12. The van der Waals surface area contributed by atoms with E-state index < -0.39 is 0 Å². The third-order valence-corrected chi connectivity index (χ3v) is 3.24. The van der Waals surface area contributed by atoms with E-state index in [-0.39, 0.29) is 12.5 Å². The zero-order valence-electron chi connectivity index (χ0n) is 10.3. The second-order valence-electron chi connectivity index (χ2n) is 4.13. The van der Waals surface area contributed by atoms with Crippen molar-refractivity contribution in [1.82, 2.24) is 14.8 Å². The molecule has 5 heteroatoms. The highest BCUT2D eigenvalue weighted by Gasteiger charge is 2.14. The minimum absolute atomic E-state index is 0.0248. The molecule has 0 amide bonds. The summed E-state index contributed by atoms with van der Waals surface area (Å²) in [5.74, 6) is 0.920. The predicted molar refractivity (Wildman–Crippen MR) is 70.7 cm³/mol. The number of hydrogen-bond acceptors (Lipinski definition) is 3. The molecule has 0 saturated heterocycles. The van der Waals surface area contributed by atoms with E-state index in [2.05, 4.69) is 10.1 Å². The molecule has 4 nitrogen and oxygen atoms in total. The fourth-order valence-electron chi connectivity index (χ4n) is 1.95. The van der Waals surface area contributed by atoms with Crippen LogP contribution in [0, 0.1) is 0 Å². The second-order valence-corrected chi connectivity index (χ2v) is 4.56. The second kappa shape index (κ2) is 5.98. The van der Waals surface area contributed by atoms with E-state index in [0.717, 1.165) is 17.9 Å². The molecule has 0 fully saturated rings. The number of aromatic nitrogens is 3. The number of hydrogen-bond donors (Lipinski definition) is 1. The predicted octanol–water partition coefficient (Wildman–Crippen LogP) is 2.27. The summed E-state index contributed by atoms with van der Waals surface area (Å²) >= 11 is 5.86. The van der Waals surface area contributed by atoms with E-state index in [1.54, 1.807) is 6.33 Å². The van der Waals surface area contributed by atoms with Crippen LogP contribution in [0.5, 0.6) is 0 Å². The van der Waals surface area contributed by atoms with Crippen molar-refractivity contribution in [2.24, 2.45) is 0 Å². The molecular weight excluding hydrogens is 250 g/mol. The Balaban J connectivity index is 2.17. The van der Waals surface area contributed by atoms with Crippen molar-refractivity contribution in [1.29, 1.82) is 0 Å². The summed E-state index contributed by atoms with van der Waals surface area (Å²) in [6, 6.07) is 7.56. The maximum atomic E-state index is 9.52. The Labute approximate surface area is 111 Å². The SMILES string of the molecule is CCn1ncnc1CC(CO)c1ccc(Cl)cc1. The molecule has 0 saturated carbocycles. The number of aliphatic hydroxyl groups is 1. The van der Waals surface area contributed by atoms with Gasteiger partial charge in [-0.15, -0.1) is 0 Å². The number of aliphatic hydroxyl groups excluding tert-OH is 1. The molecule has 1 aromatic carbocycles.